The van der Waals surface area contributed by atoms with E-state index >= 15 is 0 Å². The number of hydrogen-bond acceptors (Lipinski definition) is 7. The molecule has 0 N–H and O–H groups in total. The summed E-state index contributed by atoms with van der Waals surface area (Å²) in [6.07, 6.45) is -2.08. The smallest absolute Gasteiger partial charge is 0.416 e. The molecule has 37 heavy (non-hydrogen) atoms. The third kappa shape index (κ3) is 5.54. The minimum absolute atomic E-state index is 0.0353. The fraction of sp³-hybridized carbons (Fsp3) is 0.360. The van der Waals surface area contributed by atoms with Gasteiger partial charge in [0.15, 0.2) is 15.7 Å². The average Bonchev–Trinajstić information content (AvgIpc) is 3.37. The number of sulfone groups is 1. The number of halogens is 4. The molecule has 2 aliphatic rings. The minimum Gasteiger partial charge on any atom is -0.493 e. The van der Waals surface area contributed by atoms with Crippen LogP contribution in [0.5, 0.6) is 11.5 Å². The number of nitrogens with zero attached hydrogens (tertiary/aromatic N) is 2. The Morgan fingerprint density at radius 3 is 2.46 bits per heavy atom. The first-order chi connectivity index (χ1) is 17.6. The molecule has 196 valence electrons. The number of ether oxygens (including phenoxy) is 3. The molecule has 5 rings (SSSR count). The quantitative estimate of drug-likeness (QED) is 0.421. The first-order valence-corrected chi connectivity index (χ1v) is 13.2. The van der Waals surface area contributed by atoms with Crippen LogP contribution < -0.4 is 9.47 Å². The maximum absolute atomic E-state index is 13.4. The lowest BCUT2D eigenvalue weighted by Crippen LogP contribution is -2.21. The standard InChI is InChI=1S/C25H22F4N2O5S/c26-16-11-30-24(31-12-16)14-37(32,33)18-2-4-20-19(6-8-35-22(20)10-18)21-3-1-15(25(27,28)29)9-23(21)36-17-5-7-34-13-17/h1-4,9-12,17,19H,5-8,13-14H2/t17-,19-/m0/s1. The molecule has 3 heterocycles. The van der Waals surface area contributed by atoms with Crippen LogP contribution in [0.15, 0.2) is 53.7 Å². The lowest BCUT2D eigenvalue weighted by Gasteiger charge is -2.29. The fourth-order valence-corrected chi connectivity index (χ4v) is 5.66. The van der Waals surface area contributed by atoms with E-state index in [2.05, 4.69) is 9.97 Å². The summed E-state index contributed by atoms with van der Waals surface area (Å²) in [6, 6.07) is 7.82. The number of fused-ring (bicyclic) bond motifs is 1. The molecule has 2 aliphatic heterocycles. The van der Waals surface area contributed by atoms with Crippen molar-refractivity contribution in [3.63, 3.8) is 0 Å². The number of alkyl halides is 3. The van der Waals surface area contributed by atoms with Crippen LogP contribution in [-0.2, 0) is 26.5 Å². The summed E-state index contributed by atoms with van der Waals surface area (Å²) >= 11 is 0. The summed E-state index contributed by atoms with van der Waals surface area (Å²) in [7, 11) is -3.88. The summed E-state index contributed by atoms with van der Waals surface area (Å²) in [6.45, 7) is 0.994. The maximum atomic E-state index is 13.4. The van der Waals surface area contributed by atoms with Crippen molar-refractivity contribution in [3.8, 4) is 11.5 Å². The Balaban J connectivity index is 1.48. The molecule has 2 aromatic carbocycles. The normalized spacial score (nSPS) is 19.8. The van der Waals surface area contributed by atoms with Gasteiger partial charge in [0, 0.05) is 23.5 Å². The first kappa shape index (κ1) is 25.4. The molecule has 3 aromatic rings. The lowest BCUT2D eigenvalue weighted by molar-refractivity contribution is -0.137. The van der Waals surface area contributed by atoms with E-state index in [-0.39, 0.29) is 35.1 Å². The van der Waals surface area contributed by atoms with Gasteiger partial charge in [-0.15, -0.1) is 0 Å². The van der Waals surface area contributed by atoms with Gasteiger partial charge in [0.2, 0.25) is 0 Å². The van der Waals surface area contributed by atoms with Crippen molar-refractivity contribution in [1.29, 1.82) is 0 Å². The molecule has 1 saturated heterocycles. The molecule has 12 heteroatoms. The van der Waals surface area contributed by atoms with E-state index in [4.69, 9.17) is 14.2 Å². The third-order valence-corrected chi connectivity index (χ3v) is 7.88. The van der Waals surface area contributed by atoms with Gasteiger partial charge in [-0.05, 0) is 30.7 Å². The molecule has 0 radical (unpaired) electrons. The SMILES string of the molecule is O=S(=O)(Cc1ncc(F)cn1)c1ccc2c(c1)OCC[C@@H]2c1ccc(C(F)(F)F)cc1O[C@H]1CCOC1. The van der Waals surface area contributed by atoms with E-state index in [1.54, 1.807) is 6.07 Å². The van der Waals surface area contributed by atoms with Crippen LogP contribution in [0.25, 0.3) is 0 Å². The zero-order chi connectivity index (χ0) is 26.2. The average molecular weight is 539 g/mol. The van der Waals surface area contributed by atoms with E-state index in [0.717, 1.165) is 24.5 Å². The molecule has 0 unspecified atom stereocenters. The Morgan fingerprint density at radius 1 is 1.00 bits per heavy atom. The van der Waals surface area contributed by atoms with Gasteiger partial charge in [0.1, 0.15) is 29.2 Å². The van der Waals surface area contributed by atoms with Gasteiger partial charge in [-0.1, -0.05) is 12.1 Å². The maximum Gasteiger partial charge on any atom is 0.416 e. The Morgan fingerprint density at radius 2 is 1.76 bits per heavy atom. The molecule has 0 spiro atoms. The Hall–Kier alpha value is -3.25. The topological polar surface area (TPSA) is 87.6 Å². The second-order valence-corrected chi connectivity index (χ2v) is 10.8. The minimum atomic E-state index is -4.53. The highest BCUT2D eigenvalue weighted by Gasteiger charge is 2.34. The highest BCUT2D eigenvalue weighted by Crippen LogP contribution is 2.44. The molecule has 1 aromatic heterocycles. The molecule has 1 fully saturated rings. The molecule has 7 nitrogen and oxygen atoms in total. The number of hydrogen-bond donors (Lipinski definition) is 0. The summed E-state index contributed by atoms with van der Waals surface area (Å²) in [5.41, 5.74) is 0.372. The zero-order valence-corrected chi connectivity index (χ0v) is 20.2. The highest BCUT2D eigenvalue weighted by molar-refractivity contribution is 7.90. The van der Waals surface area contributed by atoms with Crippen molar-refractivity contribution in [1.82, 2.24) is 9.97 Å². The van der Waals surface area contributed by atoms with Crippen LogP contribution in [0.4, 0.5) is 17.6 Å². The van der Waals surface area contributed by atoms with Crippen molar-refractivity contribution < 1.29 is 40.2 Å². The second-order valence-electron chi connectivity index (χ2n) is 8.82. The van der Waals surface area contributed by atoms with Crippen LogP contribution in [0.1, 0.15) is 41.3 Å². The van der Waals surface area contributed by atoms with E-state index in [9.17, 15) is 26.0 Å². The van der Waals surface area contributed by atoms with Gasteiger partial charge in [0.25, 0.3) is 0 Å². The second kappa shape index (κ2) is 9.90. The Labute approximate surface area is 210 Å². The number of benzene rings is 2. The van der Waals surface area contributed by atoms with Gasteiger partial charge in [0.05, 0.1) is 42.7 Å². The molecular weight excluding hydrogens is 516 g/mol. The monoisotopic (exact) mass is 538 g/mol. The largest absolute Gasteiger partial charge is 0.493 e. The summed E-state index contributed by atoms with van der Waals surface area (Å²) in [5.74, 6) is -1.21. The summed E-state index contributed by atoms with van der Waals surface area (Å²) in [4.78, 5) is 7.37. The Kier molecular flexibility index (Phi) is 6.80. The molecule has 0 aliphatic carbocycles. The third-order valence-electron chi connectivity index (χ3n) is 6.27. The van der Waals surface area contributed by atoms with E-state index < -0.39 is 33.1 Å². The van der Waals surface area contributed by atoms with E-state index in [0.29, 0.717) is 42.9 Å². The van der Waals surface area contributed by atoms with Crippen LogP contribution in [0.3, 0.4) is 0 Å². The van der Waals surface area contributed by atoms with E-state index in [1.807, 2.05) is 0 Å². The zero-order valence-electron chi connectivity index (χ0n) is 19.4. The predicted octanol–water partition coefficient (Wildman–Crippen LogP) is 4.69. The van der Waals surface area contributed by atoms with Gasteiger partial charge in [-0.25, -0.2) is 22.8 Å². The van der Waals surface area contributed by atoms with Gasteiger partial charge >= 0.3 is 6.18 Å². The summed E-state index contributed by atoms with van der Waals surface area (Å²) < 4.78 is 96.3. The molecular formula is C25H22F4N2O5S. The molecule has 0 amide bonds. The van der Waals surface area contributed by atoms with Gasteiger partial charge in [-0.3, -0.25) is 0 Å². The van der Waals surface area contributed by atoms with Crippen LogP contribution in [-0.4, -0.2) is 44.3 Å². The predicted molar refractivity (Wildman–Crippen MR) is 123 cm³/mol. The van der Waals surface area contributed by atoms with Crippen molar-refractivity contribution in [2.24, 2.45) is 0 Å². The van der Waals surface area contributed by atoms with Crippen molar-refractivity contribution in [2.45, 2.75) is 41.7 Å². The van der Waals surface area contributed by atoms with Crippen LogP contribution >= 0.6 is 0 Å². The van der Waals surface area contributed by atoms with Gasteiger partial charge in [-0.2, -0.15) is 13.2 Å². The van der Waals surface area contributed by atoms with E-state index in [1.165, 1.54) is 18.2 Å². The van der Waals surface area contributed by atoms with Crippen LogP contribution in [0.2, 0.25) is 0 Å². The number of aromatic nitrogens is 2. The molecule has 0 saturated carbocycles. The highest BCUT2D eigenvalue weighted by atomic mass is 32.2. The van der Waals surface area contributed by atoms with Crippen LogP contribution in [0, 0.1) is 5.82 Å². The van der Waals surface area contributed by atoms with Crippen molar-refractivity contribution in [2.75, 3.05) is 19.8 Å². The van der Waals surface area contributed by atoms with Crippen molar-refractivity contribution >= 4 is 9.84 Å². The Bertz CT molecular complexity index is 1390. The van der Waals surface area contributed by atoms with Gasteiger partial charge < -0.3 is 14.2 Å². The lowest BCUT2D eigenvalue weighted by atomic mass is 9.85. The molecule has 2 atom stereocenters. The van der Waals surface area contributed by atoms with Crippen molar-refractivity contribution in [3.05, 3.63) is 77.1 Å². The molecule has 0 bridgehead atoms. The number of rotatable bonds is 6. The summed E-state index contributed by atoms with van der Waals surface area (Å²) in [5, 5.41) is 0. The fourth-order valence-electron chi connectivity index (χ4n) is 4.44. The first-order valence-electron chi connectivity index (χ1n) is 11.5.